The molecular formula is C23H25FN4O5. The number of pyridine rings is 1. The summed E-state index contributed by atoms with van der Waals surface area (Å²) in [6.45, 7) is 1.44. The number of ether oxygens (including phenoxy) is 1. The molecule has 2 aromatic rings. The number of hydrogen-bond donors (Lipinski definition) is 2. The van der Waals surface area contributed by atoms with Crippen LogP contribution in [0.25, 0.3) is 10.9 Å². The Labute approximate surface area is 188 Å². The Kier molecular flexibility index (Phi) is 5.49. The van der Waals surface area contributed by atoms with E-state index in [2.05, 4.69) is 10.6 Å². The predicted octanol–water partition coefficient (Wildman–Crippen LogP) is 1.75. The summed E-state index contributed by atoms with van der Waals surface area (Å²) in [6, 6.07) is 1.45. The minimum atomic E-state index is -0.983. The average Bonchev–Trinajstić information content (AvgIpc) is 3.50. The van der Waals surface area contributed by atoms with Crippen molar-refractivity contribution in [1.82, 2.24) is 15.2 Å². The minimum absolute atomic E-state index is 0.0116. The Balaban J connectivity index is 1.69. The molecule has 2 N–H and O–H groups in total. The standard InChI is InChI=1S/C23H25FN4O5/c1-33-23-14(6-12-4-5-26-19-9-25-8-16(12)19)18(24)7-15-21(23)27(13-2-3-13)10-17(22(15)30)20(29)11-28(31)32/h7,10,13,19,25-26H,2-6,8-9,11H2,1H3. The van der Waals surface area contributed by atoms with Gasteiger partial charge in [-0.2, -0.15) is 0 Å². The van der Waals surface area contributed by atoms with Crippen LogP contribution in [0.2, 0.25) is 0 Å². The van der Waals surface area contributed by atoms with Crippen molar-refractivity contribution in [3.05, 3.63) is 60.7 Å². The van der Waals surface area contributed by atoms with E-state index < -0.39 is 28.5 Å². The van der Waals surface area contributed by atoms with E-state index in [1.807, 2.05) is 0 Å². The molecule has 174 valence electrons. The fourth-order valence-electron chi connectivity index (χ4n) is 5.06. The van der Waals surface area contributed by atoms with Crippen LogP contribution in [0.1, 0.15) is 41.2 Å². The topological polar surface area (TPSA) is 116 Å². The van der Waals surface area contributed by atoms with E-state index in [1.165, 1.54) is 24.5 Å². The van der Waals surface area contributed by atoms with E-state index in [0.29, 0.717) is 17.5 Å². The maximum absolute atomic E-state index is 15.5. The van der Waals surface area contributed by atoms with Crippen LogP contribution in [0.4, 0.5) is 4.39 Å². The van der Waals surface area contributed by atoms with Gasteiger partial charge in [0, 0.05) is 48.3 Å². The van der Waals surface area contributed by atoms with Gasteiger partial charge in [-0.05, 0) is 37.4 Å². The van der Waals surface area contributed by atoms with Gasteiger partial charge < -0.3 is 19.9 Å². The number of carbonyl (C=O) groups is 1. The van der Waals surface area contributed by atoms with Gasteiger partial charge in [-0.25, -0.2) is 4.39 Å². The van der Waals surface area contributed by atoms with Crippen molar-refractivity contribution in [1.29, 1.82) is 0 Å². The van der Waals surface area contributed by atoms with Gasteiger partial charge in [0.1, 0.15) is 11.6 Å². The van der Waals surface area contributed by atoms with Crippen LogP contribution in [0.3, 0.4) is 0 Å². The normalized spacial score (nSPS) is 20.2. The van der Waals surface area contributed by atoms with Crippen molar-refractivity contribution >= 4 is 16.7 Å². The summed E-state index contributed by atoms with van der Waals surface area (Å²) in [5.74, 6) is -1.17. The van der Waals surface area contributed by atoms with E-state index >= 15 is 4.39 Å². The Hall–Kier alpha value is -3.11. The number of fused-ring (bicyclic) bond motifs is 2. The zero-order valence-corrected chi connectivity index (χ0v) is 18.3. The first kappa shape index (κ1) is 21.7. The lowest BCUT2D eigenvalue weighted by molar-refractivity contribution is -0.465. The number of rotatable bonds is 7. The molecule has 1 aromatic heterocycles. The van der Waals surface area contributed by atoms with Gasteiger partial charge in [-0.1, -0.05) is 5.57 Å². The van der Waals surface area contributed by atoms with Gasteiger partial charge in [0.2, 0.25) is 11.2 Å². The van der Waals surface area contributed by atoms with E-state index in [9.17, 15) is 19.7 Å². The highest BCUT2D eigenvalue weighted by atomic mass is 19.1. The van der Waals surface area contributed by atoms with Gasteiger partial charge in [-0.15, -0.1) is 0 Å². The van der Waals surface area contributed by atoms with Crippen molar-refractivity contribution in [2.45, 2.75) is 37.8 Å². The van der Waals surface area contributed by atoms with Crippen LogP contribution >= 0.6 is 0 Å². The fraction of sp³-hybridized carbons (Fsp3) is 0.478. The number of halogens is 1. The Bertz CT molecular complexity index is 1260. The SMILES string of the molecule is COc1c(CC2=C3CNCC3NCC2)c(F)cc2c(=O)c(C(=O)C[N+](=O)[O-])cn(C3CC3)c12. The number of nitrogens with one attached hydrogen (secondary N) is 2. The number of nitrogens with zero attached hydrogens (tertiary/aromatic N) is 2. The van der Waals surface area contributed by atoms with Crippen LogP contribution in [0.15, 0.2) is 28.2 Å². The average molecular weight is 456 g/mol. The van der Waals surface area contributed by atoms with Crippen LogP contribution in [-0.4, -0.2) is 54.6 Å². The Morgan fingerprint density at radius 1 is 1.39 bits per heavy atom. The maximum Gasteiger partial charge on any atom is 0.266 e. The van der Waals surface area contributed by atoms with Crippen molar-refractivity contribution in [3.8, 4) is 5.75 Å². The molecule has 0 bridgehead atoms. The van der Waals surface area contributed by atoms with E-state index in [4.69, 9.17) is 4.74 Å². The van der Waals surface area contributed by atoms with Gasteiger partial charge in [0.15, 0.2) is 0 Å². The Morgan fingerprint density at radius 2 is 2.18 bits per heavy atom. The molecule has 1 unspecified atom stereocenters. The summed E-state index contributed by atoms with van der Waals surface area (Å²) in [6.07, 6.45) is 4.25. The fourth-order valence-corrected chi connectivity index (χ4v) is 5.06. The minimum Gasteiger partial charge on any atom is -0.494 e. The molecule has 1 aromatic carbocycles. The molecule has 0 spiro atoms. The summed E-state index contributed by atoms with van der Waals surface area (Å²) in [5, 5.41) is 17.7. The molecule has 0 radical (unpaired) electrons. The second-order valence-electron chi connectivity index (χ2n) is 8.88. The molecule has 0 amide bonds. The summed E-state index contributed by atoms with van der Waals surface area (Å²) in [4.78, 5) is 35.6. The molecule has 10 heteroatoms. The largest absolute Gasteiger partial charge is 0.494 e. The van der Waals surface area contributed by atoms with Gasteiger partial charge in [-0.3, -0.25) is 19.7 Å². The molecule has 2 fully saturated rings. The number of ketones is 1. The molecule has 3 aliphatic rings. The third kappa shape index (κ3) is 3.83. The lowest BCUT2D eigenvalue weighted by Crippen LogP contribution is -2.37. The summed E-state index contributed by atoms with van der Waals surface area (Å²) >= 11 is 0. The van der Waals surface area contributed by atoms with Crippen molar-refractivity contribution in [2.75, 3.05) is 33.3 Å². The number of benzene rings is 1. The lowest BCUT2D eigenvalue weighted by Gasteiger charge is -2.25. The summed E-state index contributed by atoms with van der Waals surface area (Å²) < 4.78 is 22.9. The lowest BCUT2D eigenvalue weighted by atomic mass is 9.90. The second-order valence-corrected chi connectivity index (χ2v) is 8.88. The van der Waals surface area contributed by atoms with Crippen LogP contribution < -0.4 is 20.8 Å². The van der Waals surface area contributed by atoms with Gasteiger partial charge in [0.05, 0.1) is 23.6 Å². The van der Waals surface area contributed by atoms with Crippen molar-refractivity contribution < 1.29 is 18.8 Å². The molecule has 2 aliphatic heterocycles. The molecule has 1 saturated carbocycles. The molecule has 9 nitrogen and oxygen atoms in total. The zero-order valence-electron chi connectivity index (χ0n) is 18.3. The van der Waals surface area contributed by atoms with Crippen molar-refractivity contribution in [2.24, 2.45) is 0 Å². The number of carbonyl (C=O) groups excluding carboxylic acids is 1. The first-order valence-corrected chi connectivity index (χ1v) is 11.1. The van der Waals surface area contributed by atoms with E-state index in [0.717, 1.165) is 45.0 Å². The first-order valence-electron chi connectivity index (χ1n) is 11.1. The van der Waals surface area contributed by atoms with Crippen molar-refractivity contribution in [3.63, 3.8) is 0 Å². The molecule has 1 aliphatic carbocycles. The quantitative estimate of drug-likeness (QED) is 0.282. The third-order valence-electron chi connectivity index (χ3n) is 6.78. The number of nitro groups is 1. The third-order valence-corrected chi connectivity index (χ3v) is 6.78. The van der Waals surface area contributed by atoms with E-state index in [-0.39, 0.29) is 28.8 Å². The van der Waals surface area contributed by atoms with Gasteiger partial charge >= 0.3 is 0 Å². The van der Waals surface area contributed by atoms with Crippen LogP contribution in [-0.2, 0) is 6.42 Å². The van der Waals surface area contributed by atoms with Crippen LogP contribution in [0, 0.1) is 15.9 Å². The smallest absolute Gasteiger partial charge is 0.266 e. The molecule has 1 atom stereocenters. The number of methoxy groups -OCH3 is 1. The predicted molar refractivity (Wildman–Crippen MR) is 119 cm³/mol. The number of Topliss-reactive ketones (excluding diaryl/α,β-unsaturated/α-hetero) is 1. The zero-order chi connectivity index (χ0) is 23.3. The highest BCUT2D eigenvalue weighted by Gasteiger charge is 2.32. The monoisotopic (exact) mass is 456 g/mol. The summed E-state index contributed by atoms with van der Waals surface area (Å²) in [5.41, 5.74) is 2.25. The van der Waals surface area contributed by atoms with Gasteiger partial charge in [0.25, 0.3) is 6.54 Å². The summed E-state index contributed by atoms with van der Waals surface area (Å²) in [7, 11) is 1.45. The molecule has 3 heterocycles. The number of hydrogen-bond acceptors (Lipinski definition) is 7. The Morgan fingerprint density at radius 3 is 2.88 bits per heavy atom. The molecule has 5 rings (SSSR count). The molecule has 1 saturated heterocycles. The first-order chi connectivity index (χ1) is 15.9. The molecule has 33 heavy (non-hydrogen) atoms. The molecular weight excluding hydrogens is 431 g/mol. The second kappa shape index (κ2) is 8.35. The van der Waals surface area contributed by atoms with E-state index in [1.54, 1.807) is 4.57 Å². The van der Waals surface area contributed by atoms with Crippen LogP contribution in [0.5, 0.6) is 5.75 Å². The number of aromatic nitrogens is 1. The highest BCUT2D eigenvalue weighted by Crippen LogP contribution is 2.41. The highest BCUT2D eigenvalue weighted by molar-refractivity contribution is 6.00. The maximum atomic E-state index is 15.5.